The van der Waals surface area contributed by atoms with Gasteiger partial charge in [-0.25, -0.2) is 14.4 Å². The standard InChI is InChI=1S/C19H24N2O6/c1-5-21-12(2)15(18(23)27-11-10-25-3)16(20-19(21)24)13-6-8-14(9-7-13)17(22)26-4/h6-9,16H,5,10-11H2,1-4H3,(H,20,24)/t16-/m1/s1. The van der Waals surface area contributed by atoms with E-state index in [-0.39, 0.29) is 19.2 Å². The van der Waals surface area contributed by atoms with Crippen LogP contribution in [0.5, 0.6) is 0 Å². The number of rotatable bonds is 7. The molecule has 0 aliphatic carbocycles. The third-order valence-corrected chi connectivity index (χ3v) is 4.32. The quantitative estimate of drug-likeness (QED) is 0.578. The Labute approximate surface area is 158 Å². The van der Waals surface area contributed by atoms with Gasteiger partial charge in [0.1, 0.15) is 6.61 Å². The minimum Gasteiger partial charge on any atom is -0.465 e. The molecule has 27 heavy (non-hydrogen) atoms. The molecule has 0 spiro atoms. The van der Waals surface area contributed by atoms with Gasteiger partial charge in [0.25, 0.3) is 0 Å². The Kier molecular flexibility index (Phi) is 6.95. The average Bonchev–Trinajstić information content (AvgIpc) is 2.67. The van der Waals surface area contributed by atoms with Crippen LogP contribution in [0.4, 0.5) is 4.79 Å². The highest BCUT2D eigenvalue weighted by atomic mass is 16.6. The molecule has 1 atom stereocenters. The predicted molar refractivity (Wildman–Crippen MR) is 97.0 cm³/mol. The first-order chi connectivity index (χ1) is 12.9. The Bertz CT molecular complexity index is 741. The number of methoxy groups -OCH3 is 2. The van der Waals surface area contributed by atoms with E-state index < -0.39 is 18.0 Å². The van der Waals surface area contributed by atoms with Crippen LogP contribution >= 0.6 is 0 Å². The molecule has 0 fully saturated rings. The second-order valence-electron chi connectivity index (χ2n) is 5.87. The Morgan fingerprint density at radius 3 is 2.33 bits per heavy atom. The molecule has 1 aliphatic rings. The number of benzene rings is 1. The molecular weight excluding hydrogens is 352 g/mol. The third-order valence-electron chi connectivity index (χ3n) is 4.32. The van der Waals surface area contributed by atoms with E-state index in [0.29, 0.717) is 28.9 Å². The molecule has 1 aliphatic heterocycles. The first kappa shape index (κ1) is 20.4. The van der Waals surface area contributed by atoms with Crippen LogP contribution in [0.25, 0.3) is 0 Å². The van der Waals surface area contributed by atoms with Crippen molar-refractivity contribution in [3.8, 4) is 0 Å². The molecule has 0 radical (unpaired) electrons. The van der Waals surface area contributed by atoms with Gasteiger partial charge in [-0.15, -0.1) is 0 Å². The van der Waals surface area contributed by atoms with Crippen molar-refractivity contribution in [3.63, 3.8) is 0 Å². The number of amides is 2. The second kappa shape index (κ2) is 9.18. The number of carbonyl (C=O) groups is 3. The molecule has 8 nitrogen and oxygen atoms in total. The van der Waals surface area contributed by atoms with E-state index in [0.717, 1.165) is 0 Å². The second-order valence-corrected chi connectivity index (χ2v) is 5.87. The lowest BCUT2D eigenvalue weighted by Gasteiger charge is -2.34. The lowest BCUT2D eigenvalue weighted by molar-refractivity contribution is -0.140. The van der Waals surface area contributed by atoms with Crippen LogP contribution < -0.4 is 5.32 Å². The lowest BCUT2D eigenvalue weighted by Crippen LogP contribution is -2.47. The highest BCUT2D eigenvalue weighted by Gasteiger charge is 2.35. The SMILES string of the molecule is CCN1C(=O)N[C@H](c2ccc(C(=O)OC)cc2)C(C(=O)OCCOC)=C1C. The van der Waals surface area contributed by atoms with E-state index in [1.54, 1.807) is 31.2 Å². The van der Waals surface area contributed by atoms with Crippen LogP contribution in [0.3, 0.4) is 0 Å². The van der Waals surface area contributed by atoms with E-state index in [9.17, 15) is 14.4 Å². The number of carbonyl (C=O) groups excluding carboxylic acids is 3. The average molecular weight is 376 g/mol. The van der Waals surface area contributed by atoms with Crippen LogP contribution in [-0.4, -0.2) is 56.8 Å². The number of hydrogen-bond acceptors (Lipinski definition) is 6. The normalized spacial score (nSPS) is 16.8. The number of nitrogens with one attached hydrogen (secondary N) is 1. The molecule has 1 aromatic carbocycles. The Morgan fingerprint density at radius 1 is 1.11 bits per heavy atom. The number of nitrogens with zero attached hydrogens (tertiary/aromatic N) is 1. The zero-order valence-electron chi connectivity index (χ0n) is 15.9. The summed E-state index contributed by atoms with van der Waals surface area (Å²) < 4.78 is 14.9. The molecule has 2 rings (SSSR count). The summed E-state index contributed by atoms with van der Waals surface area (Å²) in [4.78, 5) is 38.2. The van der Waals surface area contributed by atoms with E-state index in [1.807, 2.05) is 6.92 Å². The van der Waals surface area contributed by atoms with Crippen molar-refractivity contribution in [2.45, 2.75) is 19.9 Å². The largest absolute Gasteiger partial charge is 0.465 e. The van der Waals surface area contributed by atoms with Crippen molar-refractivity contribution < 1.29 is 28.6 Å². The topological polar surface area (TPSA) is 94.2 Å². The summed E-state index contributed by atoms with van der Waals surface area (Å²) in [5.74, 6) is -0.984. The van der Waals surface area contributed by atoms with E-state index in [4.69, 9.17) is 9.47 Å². The first-order valence-corrected chi connectivity index (χ1v) is 8.57. The molecule has 1 aromatic rings. The summed E-state index contributed by atoms with van der Waals surface area (Å²) >= 11 is 0. The third kappa shape index (κ3) is 4.46. The number of allylic oxidation sites excluding steroid dienone is 1. The van der Waals surface area contributed by atoms with Crippen LogP contribution in [0.1, 0.15) is 35.8 Å². The molecule has 0 unspecified atom stereocenters. The zero-order valence-corrected chi connectivity index (χ0v) is 15.9. The molecule has 1 N–H and O–H groups in total. The van der Waals surface area contributed by atoms with Crippen molar-refractivity contribution in [2.75, 3.05) is 34.0 Å². The molecule has 146 valence electrons. The highest BCUT2D eigenvalue weighted by Crippen LogP contribution is 2.31. The Balaban J connectivity index is 2.39. The van der Waals surface area contributed by atoms with Gasteiger partial charge in [0, 0.05) is 19.4 Å². The minimum absolute atomic E-state index is 0.111. The van der Waals surface area contributed by atoms with Gasteiger partial charge >= 0.3 is 18.0 Å². The van der Waals surface area contributed by atoms with Crippen molar-refractivity contribution in [2.24, 2.45) is 0 Å². The highest BCUT2D eigenvalue weighted by molar-refractivity contribution is 5.95. The van der Waals surface area contributed by atoms with E-state index in [2.05, 4.69) is 10.1 Å². The smallest absolute Gasteiger partial charge is 0.338 e. The monoisotopic (exact) mass is 376 g/mol. The van der Waals surface area contributed by atoms with E-state index in [1.165, 1.54) is 19.1 Å². The number of ether oxygens (including phenoxy) is 3. The summed E-state index contributed by atoms with van der Waals surface area (Å²) in [5.41, 5.74) is 1.91. The molecule has 0 aromatic heterocycles. The Morgan fingerprint density at radius 2 is 1.78 bits per heavy atom. The van der Waals surface area contributed by atoms with Crippen LogP contribution in [0.15, 0.2) is 35.5 Å². The van der Waals surface area contributed by atoms with Gasteiger partial charge in [-0.1, -0.05) is 12.1 Å². The van der Waals surface area contributed by atoms with Crippen molar-refractivity contribution in [3.05, 3.63) is 46.7 Å². The summed E-state index contributed by atoms with van der Waals surface area (Å²) in [6.07, 6.45) is 0. The van der Waals surface area contributed by atoms with Gasteiger partial charge in [-0.3, -0.25) is 4.90 Å². The number of esters is 2. The summed E-state index contributed by atoms with van der Waals surface area (Å²) in [6.45, 7) is 4.34. The van der Waals surface area contributed by atoms with Gasteiger partial charge < -0.3 is 19.5 Å². The maximum absolute atomic E-state index is 12.7. The molecule has 0 bridgehead atoms. The summed E-state index contributed by atoms with van der Waals surface area (Å²) in [5, 5.41) is 2.83. The van der Waals surface area contributed by atoms with Gasteiger partial charge in [0.05, 0.1) is 30.9 Å². The molecule has 2 amide bonds. The Hall–Kier alpha value is -2.87. The number of hydrogen-bond donors (Lipinski definition) is 1. The van der Waals surface area contributed by atoms with Crippen LogP contribution in [-0.2, 0) is 19.0 Å². The fraction of sp³-hybridized carbons (Fsp3) is 0.421. The fourth-order valence-electron chi connectivity index (χ4n) is 2.90. The molecule has 1 heterocycles. The summed E-state index contributed by atoms with van der Waals surface area (Å²) in [7, 11) is 2.82. The number of urea groups is 1. The van der Waals surface area contributed by atoms with Gasteiger partial charge in [0.15, 0.2) is 0 Å². The fourth-order valence-corrected chi connectivity index (χ4v) is 2.90. The first-order valence-electron chi connectivity index (χ1n) is 8.57. The van der Waals surface area contributed by atoms with Gasteiger partial charge in [-0.05, 0) is 31.5 Å². The van der Waals surface area contributed by atoms with Crippen molar-refractivity contribution in [1.29, 1.82) is 0 Å². The summed E-state index contributed by atoms with van der Waals surface area (Å²) in [6, 6.07) is 5.54. The molecule has 0 saturated carbocycles. The minimum atomic E-state index is -0.679. The van der Waals surface area contributed by atoms with Crippen molar-refractivity contribution >= 4 is 18.0 Å². The maximum Gasteiger partial charge on any atom is 0.338 e. The van der Waals surface area contributed by atoms with Crippen LogP contribution in [0.2, 0.25) is 0 Å². The van der Waals surface area contributed by atoms with E-state index >= 15 is 0 Å². The molecule has 0 saturated heterocycles. The van der Waals surface area contributed by atoms with Gasteiger partial charge in [0.2, 0.25) is 0 Å². The maximum atomic E-state index is 12.7. The van der Waals surface area contributed by atoms with Crippen LogP contribution in [0, 0.1) is 0 Å². The predicted octanol–water partition coefficient (Wildman–Crippen LogP) is 2.02. The van der Waals surface area contributed by atoms with Crippen molar-refractivity contribution in [1.82, 2.24) is 10.2 Å². The van der Waals surface area contributed by atoms with Gasteiger partial charge in [-0.2, -0.15) is 0 Å². The zero-order chi connectivity index (χ0) is 20.0. The molecule has 8 heteroatoms. The lowest BCUT2D eigenvalue weighted by atomic mass is 9.94. The molecular formula is C19H24N2O6.